The van der Waals surface area contributed by atoms with Crippen LogP contribution < -0.4 is 11.3 Å². The van der Waals surface area contributed by atoms with E-state index in [1.165, 1.54) is 11.1 Å². The molecule has 1 aliphatic rings. The standard InChI is InChI=1S/C15H24N2O/c1-3-11(2)14(17-16)10-15-13-7-5-4-6-12(13)8-9-18-15/h4-7,11,14-15,17H,3,8-10,16H2,1-2H3. The third-order valence-corrected chi connectivity index (χ3v) is 4.11. The summed E-state index contributed by atoms with van der Waals surface area (Å²) in [4.78, 5) is 0. The van der Waals surface area contributed by atoms with E-state index >= 15 is 0 Å². The molecule has 1 aromatic carbocycles. The van der Waals surface area contributed by atoms with Gasteiger partial charge in [-0.05, 0) is 29.9 Å². The van der Waals surface area contributed by atoms with Gasteiger partial charge in [-0.25, -0.2) is 0 Å². The summed E-state index contributed by atoms with van der Waals surface area (Å²) in [6.45, 7) is 5.25. The highest BCUT2D eigenvalue weighted by atomic mass is 16.5. The Bertz CT molecular complexity index is 381. The molecule has 0 saturated carbocycles. The third kappa shape index (κ3) is 2.91. The second kappa shape index (κ2) is 6.32. The van der Waals surface area contributed by atoms with Crippen LogP contribution >= 0.6 is 0 Å². The topological polar surface area (TPSA) is 47.3 Å². The SMILES string of the molecule is CCC(C)C(CC1OCCc2ccccc21)NN. The van der Waals surface area contributed by atoms with Crippen LogP contribution in [-0.2, 0) is 11.2 Å². The van der Waals surface area contributed by atoms with Crippen LogP contribution in [-0.4, -0.2) is 12.6 Å². The number of ether oxygens (including phenoxy) is 1. The lowest BCUT2D eigenvalue weighted by Gasteiger charge is -2.31. The van der Waals surface area contributed by atoms with E-state index in [0.717, 1.165) is 25.9 Å². The third-order valence-electron chi connectivity index (χ3n) is 4.11. The molecule has 0 radical (unpaired) electrons. The fourth-order valence-corrected chi connectivity index (χ4v) is 2.65. The summed E-state index contributed by atoms with van der Waals surface area (Å²) in [5, 5.41) is 0. The van der Waals surface area contributed by atoms with Crippen LogP contribution in [0.15, 0.2) is 24.3 Å². The molecule has 1 aliphatic heterocycles. The summed E-state index contributed by atoms with van der Waals surface area (Å²) in [7, 11) is 0. The van der Waals surface area contributed by atoms with Crippen molar-refractivity contribution in [2.45, 2.75) is 45.3 Å². The van der Waals surface area contributed by atoms with Crippen LogP contribution in [0.1, 0.15) is 43.9 Å². The summed E-state index contributed by atoms with van der Waals surface area (Å²) in [6, 6.07) is 8.90. The zero-order chi connectivity index (χ0) is 13.0. The molecule has 3 atom stereocenters. The molecule has 0 saturated heterocycles. The van der Waals surface area contributed by atoms with Crippen molar-refractivity contribution in [1.29, 1.82) is 0 Å². The molecule has 1 heterocycles. The number of hydrogen-bond acceptors (Lipinski definition) is 3. The van der Waals surface area contributed by atoms with Crippen LogP contribution in [0.25, 0.3) is 0 Å². The van der Waals surface area contributed by atoms with Crippen molar-refractivity contribution in [1.82, 2.24) is 5.43 Å². The van der Waals surface area contributed by atoms with Gasteiger partial charge in [-0.1, -0.05) is 44.5 Å². The number of hydrogen-bond donors (Lipinski definition) is 2. The number of benzene rings is 1. The molecule has 2 rings (SSSR count). The molecule has 18 heavy (non-hydrogen) atoms. The minimum absolute atomic E-state index is 0.185. The van der Waals surface area contributed by atoms with E-state index in [2.05, 4.69) is 43.5 Å². The number of fused-ring (bicyclic) bond motifs is 1. The van der Waals surface area contributed by atoms with Gasteiger partial charge in [0.05, 0.1) is 12.7 Å². The number of nitrogens with one attached hydrogen (secondary N) is 1. The molecule has 0 amide bonds. The average molecular weight is 248 g/mol. The highest BCUT2D eigenvalue weighted by Gasteiger charge is 2.25. The lowest BCUT2D eigenvalue weighted by molar-refractivity contribution is 0.0249. The minimum atomic E-state index is 0.185. The van der Waals surface area contributed by atoms with Gasteiger partial charge in [-0.15, -0.1) is 0 Å². The summed E-state index contributed by atoms with van der Waals surface area (Å²) >= 11 is 0. The molecular weight excluding hydrogens is 224 g/mol. The Kier molecular flexibility index (Phi) is 4.75. The van der Waals surface area contributed by atoms with Crippen molar-refractivity contribution in [2.75, 3.05) is 6.61 Å². The fourth-order valence-electron chi connectivity index (χ4n) is 2.65. The lowest BCUT2D eigenvalue weighted by atomic mass is 9.89. The first-order chi connectivity index (χ1) is 8.76. The maximum Gasteiger partial charge on any atom is 0.0843 e. The molecule has 3 unspecified atom stereocenters. The summed E-state index contributed by atoms with van der Waals surface area (Å²) in [6.07, 6.45) is 3.28. The molecule has 3 heteroatoms. The van der Waals surface area contributed by atoms with Crippen LogP contribution in [0, 0.1) is 5.92 Å². The highest BCUT2D eigenvalue weighted by Crippen LogP contribution is 2.31. The minimum Gasteiger partial charge on any atom is -0.373 e. The molecule has 0 spiro atoms. The maximum absolute atomic E-state index is 5.94. The van der Waals surface area contributed by atoms with Crippen LogP contribution in [0.4, 0.5) is 0 Å². The Morgan fingerprint density at radius 3 is 2.94 bits per heavy atom. The van der Waals surface area contributed by atoms with Crippen LogP contribution in [0.5, 0.6) is 0 Å². The van der Waals surface area contributed by atoms with Gasteiger partial charge in [0, 0.05) is 6.04 Å². The first kappa shape index (κ1) is 13.5. The maximum atomic E-state index is 5.94. The molecule has 0 fully saturated rings. The highest BCUT2D eigenvalue weighted by molar-refractivity contribution is 5.31. The zero-order valence-corrected chi connectivity index (χ0v) is 11.4. The Morgan fingerprint density at radius 2 is 2.22 bits per heavy atom. The van der Waals surface area contributed by atoms with Crippen LogP contribution in [0.2, 0.25) is 0 Å². The van der Waals surface area contributed by atoms with Gasteiger partial charge in [0.2, 0.25) is 0 Å². The summed E-state index contributed by atoms with van der Waals surface area (Å²) in [5.41, 5.74) is 5.72. The quantitative estimate of drug-likeness (QED) is 0.622. The average Bonchev–Trinajstić information content (AvgIpc) is 2.44. The lowest BCUT2D eigenvalue weighted by Crippen LogP contribution is -2.41. The smallest absolute Gasteiger partial charge is 0.0843 e. The van der Waals surface area contributed by atoms with Gasteiger partial charge in [-0.2, -0.15) is 0 Å². The van der Waals surface area contributed by atoms with Crippen molar-refractivity contribution in [3.8, 4) is 0 Å². The normalized spacial score (nSPS) is 22.3. The van der Waals surface area contributed by atoms with Crippen molar-refractivity contribution in [3.63, 3.8) is 0 Å². The molecule has 1 aromatic rings. The molecule has 0 aromatic heterocycles. The van der Waals surface area contributed by atoms with E-state index in [9.17, 15) is 0 Å². The second-order valence-electron chi connectivity index (χ2n) is 5.20. The zero-order valence-electron chi connectivity index (χ0n) is 11.4. The number of rotatable bonds is 5. The van der Waals surface area contributed by atoms with Gasteiger partial charge < -0.3 is 4.74 Å². The Hall–Kier alpha value is -0.900. The molecule has 100 valence electrons. The largest absolute Gasteiger partial charge is 0.373 e. The Morgan fingerprint density at radius 1 is 1.44 bits per heavy atom. The van der Waals surface area contributed by atoms with E-state index in [1.807, 2.05) is 0 Å². The van der Waals surface area contributed by atoms with Crippen molar-refractivity contribution in [2.24, 2.45) is 11.8 Å². The van der Waals surface area contributed by atoms with Gasteiger partial charge in [0.15, 0.2) is 0 Å². The second-order valence-corrected chi connectivity index (χ2v) is 5.20. The van der Waals surface area contributed by atoms with E-state index in [1.54, 1.807) is 0 Å². The Labute approximate surface area is 110 Å². The number of hydrazine groups is 1. The van der Waals surface area contributed by atoms with E-state index < -0.39 is 0 Å². The van der Waals surface area contributed by atoms with Crippen molar-refractivity contribution < 1.29 is 4.74 Å². The van der Waals surface area contributed by atoms with Crippen molar-refractivity contribution >= 4 is 0 Å². The molecule has 0 aliphatic carbocycles. The molecule has 3 nitrogen and oxygen atoms in total. The van der Waals surface area contributed by atoms with Gasteiger partial charge in [0.1, 0.15) is 0 Å². The van der Waals surface area contributed by atoms with E-state index in [0.29, 0.717) is 12.0 Å². The molecule has 3 N–H and O–H groups in total. The van der Waals surface area contributed by atoms with E-state index in [4.69, 9.17) is 10.6 Å². The first-order valence-corrected chi connectivity index (χ1v) is 6.91. The fraction of sp³-hybridized carbons (Fsp3) is 0.600. The van der Waals surface area contributed by atoms with Gasteiger partial charge in [0.25, 0.3) is 0 Å². The molecular formula is C15H24N2O. The number of nitrogens with two attached hydrogens (primary N) is 1. The van der Waals surface area contributed by atoms with Crippen LogP contribution in [0.3, 0.4) is 0 Å². The van der Waals surface area contributed by atoms with Crippen molar-refractivity contribution in [3.05, 3.63) is 35.4 Å². The van der Waals surface area contributed by atoms with E-state index in [-0.39, 0.29) is 6.10 Å². The summed E-state index contributed by atoms with van der Waals surface area (Å²) in [5.74, 6) is 6.24. The van der Waals surface area contributed by atoms with Gasteiger partial charge >= 0.3 is 0 Å². The predicted molar refractivity (Wildman–Crippen MR) is 74.0 cm³/mol. The monoisotopic (exact) mass is 248 g/mol. The Balaban J connectivity index is 2.10. The first-order valence-electron chi connectivity index (χ1n) is 6.91. The van der Waals surface area contributed by atoms with Gasteiger partial charge in [-0.3, -0.25) is 11.3 Å². The predicted octanol–water partition coefficient (Wildman–Crippen LogP) is 2.57. The molecule has 0 bridgehead atoms. The summed E-state index contributed by atoms with van der Waals surface area (Å²) < 4.78 is 5.94.